The predicted molar refractivity (Wildman–Crippen MR) is 75.9 cm³/mol. The molecule has 4 heteroatoms. The largest absolute Gasteiger partial charge is 0.478 e. The van der Waals surface area contributed by atoms with Gasteiger partial charge in [0, 0.05) is 17.8 Å². The Morgan fingerprint density at radius 2 is 1.95 bits per heavy atom. The van der Waals surface area contributed by atoms with Crippen LogP contribution in [0.1, 0.15) is 25.0 Å². The summed E-state index contributed by atoms with van der Waals surface area (Å²) < 4.78 is 0. The Morgan fingerprint density at radius 3 is 2.47 bits per heavy atom. The lowest BCUT2D eigenvalue weighted by atomic mass is 10.0. The van der Waals surface area contributed by atoms with E-state index in [-0.39, 0.29) is 0 Å². The molecule has 0 aliphatic carbocycles. The molecule has 0 aromatic heterocycles. The number of nitrogens with one attached hydrogen (secondary N) is 1. The molecule has 19 heavy (non-hydrogen) atoms. The summed E-state index contributed by atoms with van der Waals surface area (Å²) in [4.78, 5) is 21.8. The van der Waals surface area contributed by atoms with Crippen molar-refractivity contribution >= 4 is 23.1 Å². The molecular formula is C15H17NO3. The van der Waals surface area contributed by atoms with Crippen LogP contribution in [0.4, 0.5) is 5.69 Å². The summed E-state index contributed by atoms with van der Waals surface area (Å²) >= 11 is 0. The third-order valence-electron chi connectivity index (χ3n) is 2.75. The number of allylic oxidation sites excluding steroid dienone is 2. The summed E-state index contributed by atoms with van der Waals surface area (Å²) in [7, 11) is 0. The van der Waals surface area contributed by atoms with E-state index >= 15 is 0 Å². The topological polar surface area (TPSA) is 66.4 Å². The molecule has 0 bridgehead atoms. The first-order chi connectivity index (χ1) is 8.93. The minimum absolute atomic E-state index is 0.457. The Bertz CT molecular complexity index is 557. The molecule has 100 valence electrons. The Hall–Kier alpha value is -2.36. The van der Waals surface area contributed by atoms with E-state index in [1.165, 1.54) is 0 Å². The summed E-state index contributed by atoms with van der Waals surface area (Å²) in [6.07, 6.45) is 3.82. The highest BCUT2D eigenvalue weighted by Gasteiger charge is 2.04. The minimum Gasteiger partial charge on any atom is -0.478 e. The van der Waals surface area contributed by atoms with Crippen molar-refractivity contribution in [2.45, 2.75) is 20.8 Å². The number of benzene rings is 1. The summed E-state index contributed by atoms with van der Waals surface area (Å²) in [5.74, 6) is -1.60. The molecule has 0 atom stereocenters. The van der Waals surface area contributed by atoms with Gasteiger partial charge in [-0.1, -0.05) is 12.1 Å². The van der Waals surface area contributed by atoms with Gasteiger partial charge < -0.3 is 10.4 Å². The van der Waals surface area contributed by atoms with Gasteiger partial charge in [0.25, 0.3) is 0 Å². The van der Waals surface area contributed by atoms with E-state index in [9.17, 15) is 9.59 Å². The number of carboxylic acids is 1. The lowest BCUT2D eigenvalue weighted by Gasteiger charge is -2.09. The molecule has 0 aliphatic heterocycles. The second kappa shape index (κ2) is 6.54. The van der Waals surface area contributed by atoms with Gasteiger partial charge in [-0.3, -0.25) is 4.79 Å². The molecule has 1 rings (SSSR count). The Balaban J connectivity index is 2.86. The highest BCUT2D eigenvalue weighted by atomic mass is 16.4. The second-order valence-electron chi connectivity index (χ2n) is 4.16. The number of rotatable bonds is 4. The molecule has 0 spiro atoms. The number of anilines is 1. The van der Waals surface area contributed by atoms with Crippen molar-refractivity contribution < 1.29 is 14.7 Å². The molecule has 2 N–H and O–H groups in total. The number of amides is 1. The van der Waals surface area contributed by atoms with Crippen LogP contribution in [0.3, 0.4) is 0 Å². The SMILES string of the molecule is CC=C(C)c1ccc(NC(=O)C=CC(=O)O)c(C)c1. The number of hydrogen-bond acceptors (Lipinski definition) is 2. The summed E-state index contributed by atoms with van der Waals surface area (Å²) in [5, 5.41) is 11.1. The first-order valence-electron chi connectivity index (χ1n) is 5.90. The van der Waals surface area contributed by atoms with E-state index in [2.05, 4.69) is 5.32 Å². The van der Waals surface area contributed by atoms with E-state index in [0.717, 1.165) is 28.9 Å². The number of carboxylic acid groups (broad SMARTS) is 1. The van der Waals surface area contributed by atoms with Gasteiger partial charge in [0.15, 0.2) is 0 Å². The molecule has 0 radical (unpaired) electrons. The first kappa shape index (κ1) is 14.7. The number of carbonyl (C=O) groups excluding carboxylic acids is 1. The highest BCUT2D eigenvalue weighted by Crippen LogP contribution is 2.21. The van der Waals surface area contributed by atoms with E-state index < -0.39 is 11.9 Å². The van der Waals surface area contributed by atoms with Gasteiger partial charge in [0.1, 0.15) is 0 Å². The zero-order valence-electron chi connectivity index (χ0n) is 11.2. The molecule has 0 saturated carbocycles. The van der Waals surface area contributed by atoms with Crippen LogP contribution < -0.4 is 5.32 Å². The maximum atomic E-state index is 11.5. The first-order valence-corrected chi connectivity index (χ1v) is 5.90. The number of aryl methyl sites for hydroxylation is 1. The number of aliphatic carboxylic acids is 1. The van der Waals surface area contributed by atoms with Crippen LogP contribution in [-0.2, 0) is 9.59 Å². The Morgan fingerprint density at radius 1 is 1.26 bits per heavy atom. The van der Waals surface area contributed by atoms with Gasteiger partial charge in [-0.05, 0) is 49.6 Å². The smallest absolute Gasteiger partial charge is 0.328 e. The number of carbonyl (C=O) groups is 2. The maximum absolute atomic E-state index is 11.5. The van der Waals surface area contributed by atoms with Crippen LogP contribution >= 0.6 is 0 Å². The molecule has 4 nitrogen and oxygen atoms in total. The summed E-state index contributed by atoms with van der Waals surface area (Å²) in [6.45, 7) is 5.88. The third-order valence-corrected chi connectivity index (χ3v) is 2.75. The second-order valence-corrected chi connectivity index (χ2v) is 4.16. The van der Waals surface area contributed by atoms with Crippen LogP contribution in [0, 0.1) is 6.92 Å². The lowest BCUT2D eigenvalue weighted by molar-refractivity contribution is -0.131. The van der Waals surface area contributed by atoms with Crippen LogP contribution in [-0.4, -0.2) is 17.0 Å². The summed E-state index contributed by atoms with van der Waals surface area (Å²) in [6, 6.07) is 5.70. The zero-order valence-corrected chi connectivity index (χ0v) is 11.2. The molecule has 0 heterocycles. The average molecular weight is 259 g/mol. The zero-order chi connectivity index (χ0) is 14.4. The van der Waals surface area contributed by atoms with Crippen molar-refractivity contribution in [3.05, 3.63) is 47.6 Å². The quantitative estimate of drug-likeness (QED) is 0.817. The monoisotopic (exact) mass is 259 g/mol. The van der Waals surface area contributed by atoms with Crippen LogP contribution in [0.25, 0.3) is 5.57 Å². The fourth-order valence-corrected chi connectivity index (χ4v) is 1.54. The van der Waals surface area contributed by atoms with Gasteiger partial charge >= 0.3 is 5.97 Å². The fourth-order valence-electron chi connectivity index (χ4n) is 1.54. The molecule has 0 aliphatic rings. The minimum atomic E-state index is -1.15. The third kappa shape index (κ3) is 4.43. The van der Waals surface area contributed by atoms with Crippen molar-refractivity contribution in [3.8, 4) is 0 Å². The molecule has 1 amide bonds. The fraction of sp³-hybridized carbons (Fsp3) is 0.200. The molecule has 0 unspecified atom stereocenters. The average Bonchev–Trinajstić information content (AvgIpc) is 2.37. The number of hydrogen-bond donors (Lipinski definition) is 2. The van der Waals surface area contributed by atoms with E-state index in [4.69, 9.17) is 5.11 Å². The van der Waals surface area contributed by atoms with Gasteiger partial charge in [0.05, 0.1) is 0 Å². The lowest BCUT2D eigenvalue weighted by Crippen LogP contribution is -2.09. The van der Waals surface area contributed by atoms with E-state index in [1.807, 2.05) is 45.0 Å². The van der Waals surface area contributed by atoms with Crippen molar-refractivity contribution in [1.82, 2.24) is 0 Å². The molecule has 0 saturated heterocycles. The van der Waals surface area contributed by atoms with Crippen molar-refractivity contribution in [1.29, 1.82) is 0 Å². The summed E-state index contributed by atoms with van der Waals surface area (Å²) in [5.41, 5.74) is 3.86. The van der Waals surface area contributed by atoms with E-state index in [1.54, 1.807) is 0 Å². The predicted octanol–water partition coefficient (Wildman–Crippen LogP) is 3.00. The van der Waals surface area contributed by atoms with E-state index in [0.29, 0.717) is 5.69 Å². The molecular weight excluding hydrogens is 242 g/mol. The standard InChI is InChI=1S/C15H17NO3/c1-4-10(2)12-5-6-13(11(3)9-12)16-14(17)7-8-15(18)19/h4-9H,1-3H3,(H,16,17)(H,18,19). The highest BCUT2D eigenvalue weighted by molar-refractivity contribution is 6.02. The maximum Gasteiger partial charge on any atom is 0.328 e. The molecule has 1 aromatic carbocycles. The van der Waals surface area contributed by atoms with Crippen molar-refractivity contribution in [2.75, 3.05) is 5.32 Å². The van der Waals surface area contributed by atoms with Crippen molar-refractivity contribution in [3.63, 3.8) is 0 Å². The molecule has 1 aromatic rings. The normalized spacial score (nSPS) is 11.6. The van der Waals surface area contributed by atoms with Gasteiger partial charge in [-0.25, -0.2) is 4.79 Å². The van der Waals surface area contributed by atoms with Crippen molar-refractivity contribution in [2.24, 2.45) is 0 Å². The van der Waals surface area contributed by atoms with Gasteiger partial charge in [-0.15, -0.1) is 0 Å². The van der Waals surface area contributed by atoms with Gasteiger partial charge in [0.2, 0.25) is 5.91 Å². The Labute approximate surface area is 112 Å². The van der Waals surface area contributed by atoms with Crippen LogP contribution in [0.5, 0.6) is 0 Å². The van der Waals surface area contributed by atoms with Crippen LogP contribution in [0.15, 0.2) is 36.4 Å². The Kier molecular flexibility index (Phi) is 5.06. The van der Waals surface area contributed by atoms with Crippen LogP contribution in [0.2, 0.25) is 0 Å². The van der Waals surface area contributed by atoms with Gasteiger partial charge in [-0.2, -0.15) is 0 Å². The molecule has 0 fully saturated rings.